The molecule has 1 aromatic carbocycles. The van der Waals surface area contributed by atoms with Crippen molar-refractivity contribution >= 4 is 21.7 Å². The zero-order valence-corrected chi connectivity index (χ0v) is 12.9. The molecule has 1 atom stereocenters. The van der Waals surface area contributed by atoms with Gasteiger partial charge in [-0.15, -0.1) is 0 Å². The molecule has 0 saturated carbocycles. The Balaban J connectivity index is 1.91. The average molecular weight is 347 g/mol. The summed E-state index contributed by atoms with van der Waals surface area (Å²) in [4.78, 5) is 8.03. The van der Waals surface area contributed by atoms with Crippen LogP contribution in [0, 0.1) is 17.2 Å². The quantitative estimate of drug-likeness (QED) is 0.838. The maximum Gasteiger partial charge on any atom is 0.158 e. The standard InChI is InChI=1S/C15H15BrN4O/c16-13-3-1-2-11(5-13)4-12(10-21)7-19-15-9-18-14(6-17)8-20-15/h1-3,5,8-9,12,21H,4,7,10H2,(H,19,20)/t12-/m0/s1. The predicted octanol–water partition coefficient (Wildman–Crippen LogP) is 2.37. The molecule has 21 heavy (non-hydrogen) atoms. The van der Waals surface area contributed by atoms with E-state index in [2.05, 4.69) is 31.2 Å². The summed E-state index contributed by atoms with van der Waals surface area (Å²) < 4.78 is 1.03. The van der Waals surface area contributed by atoms with Crippen LogP contribution in [-0.4, -0.2) is 28.2 Å². The minimum atomic E-state index is 0.0803. The molecule has 0 aliphatic heterocycles. The van der Waals surface area contributed by atoms with Crippen molar-refractivity contribution in [2.45, 2.75) is 6.42 Å². The van der Waals surface area contributed by atoms with Crippen LogP contribution in [0.4, 0.5) is 5.82 Å². The first-order chi connectivity index (χ1) is 10.2. The highest BCUT2D eigenvalue weighted by atomic mass is 79.9. The Morgan fingerprint density at radius 3 is 2.81 bits per heavy atom. The topological polar surface area (TPSA) is 81.8 Å². The van der Waals surface area contributed by atoms with Crippen LogP contribution in [0.3, 0.4) is 0 Å². The number of halogens is 1. The van der Waals surface area contributed by atoms with Crippen molar-refractivity contribution in [3.8, 4) is 6.07 Å². The molecule has 0 bridgehead atoms. The van der Waals surface area contributed by atoms with Gasteiger partial charge in [0.25, 0.3) is 0 Å². The van der Waals surface area contributed by atoms with E-state index in [1.807, 2.05) is 30.3 Å². The maximum absolute atomic E-state index is 9.49. The Kier molecular flexibility index (Phi) is 5.67. The van der Waals surface area contributed by atoms with Gasteiger partial charge in [0.05, 0.1) is 12.4 Å². The smallest absolute Gasteiger partial charge is 0.158 e. The van der Waals surface area contributed by atoms with Gasteiger partial charge in [0.15, 0.2) is 5.69 Å². The molecule has 2 N–H and O–H groups in total. The van der Waals surface area contributed by atoms with E-state index in [-0.39, 0.29) is 18.2 Å². The van der Waals surface area contributed by atoms with E-state index in [1.165, 1.54) is 12.4 Å². The molecule has 0 amide bonds. The third kappa shape index (κ3) is 4.81. The van der Waals surface area contributed by atoms with Gasteiger partial charge >= 0.3 is 0 Å². The predicted molar refractivity (Wildman–Crippen MR) is 83.7 cm³/mol. The van der Waals surface area contributed by atoms with Gasteiger partial charge in [-0.25, -0.2) is 9.97 Å². The van der Waals surface area contributed by atoms with E-state index in [4.69, 9.17) is 5.26 Å². The lowest BCUT2D eigenvalue weighted by atomic mass is 10.0. The lowest BCUT2D eigenvalue weighted by Gasteiger charge is -2.15. The SMILES string of the molecule is N#Cc1cnc(NC[C@@H](CO)Cc2cccc(Br)c2)cn1. The van der Waals surface area contributed by atoms with Crippen LogP contribution in [0.15, 0.2) is 41.1 Å². The Morgan fingerprint density at radius 1 is 1.33 bits per heavy atom. The van der Waals surface area contributed by atoms with Crippen molar-refractivity contribution in [1.82, 2.24) is 9.97 Å². The van der Waals surface area contributed by atoms with Crippen LogP contribution in [0.1, 0.15) is 11.3 Å². The van der Waals surface area contributed by atoms with Crippen molar-refractivity contribution in [2.75, 3.05) is 18.5 Å². The van der Waals surface area contributed by atoms with Crippen molar-refractivity contribution < 1.29 is 5.11 Å². The molecule has 0 aliphatic rings. The summed E-state index contributed by atoms with van der Waals surface area (Å²) in [5.41, 5.74) is 1.45. The highest BCUT2D eigenvalue weighted by Crippen LogP contribution is 2.15. The number of nitrogens with zero attached hydrogens (tertiary/aromatic N) is 3. The summed E-state index contributed by atoms with van der Waals surface area (Å²) in [6, 6.07) is 9.96. The number of benzene rings is 1. The van der Waals surface area contributed by atoms with Crippen LogP contribution in [0.2, 0.25) is 0 Å². The van der Waals surface area contributed by atoms with E-state index in [0.717, 1.165) is 16.5 Å². The van der Waals surface area contributed by atoms with Crippen molar-refractivity contribution in [3.63, 3.8) is 0 Å². The van der Waals surface area contributed by atoms with Gasteiger partial charge in [0, 0.05) is 23.5 Å². The summed E-state index contributed by atoms with van der Waals surface area (Å²) in [7, 11) is 0. The van der Waals surface area contributed by atoms with Gasteiger partial charge in [-0.2, -0.15) is 5.26 Å². The van der Waals surface area contributed by atoms with E-state index < -0.39 is 0 Å². The summed E-state index contributed by atoms with van der Waals surface area (Å²) in [6.45, 7) is 0.673. The second kappa shape index (κ2) is 7.72. The van der Waals surface area contributed by atoms with Crippen LogP contribution < -0.4 is 5.32 Å². The van der Waals surface area contributed by atoms with Gasteiger partial charge < -0.3 is 10.4 Å². The Hall–Kier alpha value is -1.97. The highest BCUT2D eigenvalue weighted by molar-refractivity contribution is 9.10. The van der Waals surface area contributed by atoms with Crippen LogP contribution in [-0.2, 0) is 6.42 Å². The number of hydrogen-bond acceptors (Lipinski definition) is 5. The normalized spacial score (nSPS) is 11.7. The first kappa shape index (κ1) is 15.4. The molecule has 0 unspecified atom stereocenters. The number of aliphatic hydroxyl groups is 1. The Bertz CT molecular complexity index is 624. The number of rotatable bonds is 6. The third-order valence-electron chi connectivity index (χ3n) is 3.01. The highest BCUT2D eigenvalue weighted by Gasteiger charge is 2.09. The Morgan fingerprint density at radius 2 is 2.19 bits per heavy atom. The van der Waals surface area contributed by atoms with Crippen molar-refractivity contribution in [3.05, 3.63) is 52.4 Å². The number of anilines is 1. The number of nitrogens with one attached hydrogen (secondary N) is 1. The largest absolute Gasteiger partial charge is 0.396 e. The fourth-order valence-corrected chi connectivity index (χ4v) is 2.37. The fourth-order valence-electron chi connectivity index (χ4n) is 1.92. The van der Waals surface area contributed by atoms with E-state index in [9.17, 15) is 5.11 Å². The van der Waals surface area contributed by atoms with Crippen LogP contribution >= 0.6 is 15.9 Å². The summed E-state index contributed by atoms with van der Waals surface area (Å²) >= 11 is 3.44. The van der Waals surface area contributed by atoms with Crippen molar-refractivity contribution in [2.24, 2.45) is 5.92 Å². The minimum absolute atomic E-state index is 0.0803. The molecule has 0 fully saturated rings. The molecule has 1 heterocycles. The van der Waals surface area contributed by atoms with E-state index >= 15 is 0 Å². The number of aromatic nitrogens is 2. The second-order valence-electron chi connectivity index (χ2n) is 4.66. The van der Waals surface area contributed by atoms with Crippen molar-refractivity contribution in [1.29, 1.82) is 5.26 Å². The number of nitriles is 1. The molecule has 0 spiro atoms. The number of aliphatic hydroxyl groups excluding tert-OH is 1. The van der Waals surface area contributed by atoms with Gasteiger partial charge in [-0.1, -0.05) is 28.1 Å². The molecule has 0 saturated heterocycles. The zero-order valence-electron chi connectivity index (χ0n) is 11.3. The van der Waals surface area contributed by atoms with Gasteiger partial charge in [-0.05, 0) is 24.1 Å². The first-order valence-electron chi connectivity index (χ1n) is 6.52. The third-order valence-corrected chi connectivity index (χ3v) is 3.50. The molecule has 2 aromatic rings. The van der Waals surface area contributed by atoms with Crippen LogP contribution in [0.25, 0.3) is 0 Å². The summed E-state index contributed by atoms with van der Waals surface area (Å²) in [6.07, 6.45) is 3.71. The number of hydrogen-bond donors (Lipinski definition) is 2. The molecule has 0 radical (unpaired) electrons. The van der Waals surface area contributed by atoms with Gasteiger partial charge in [0.2, 0.25) is 0 Å². The monoisotopic (exact) mass is 346 g/mol. The molecule has 1 aromatic heterocycles. The van der Waals surface area contributed by atoms with Gasteiger partial charge in [-0.3, -0.25) is 0 Å². The molecule has 5 nitrogen and oxygen atoms in total. The summed E-state index contributed by atoms with van der Waals surface area (Å²) in [5, 5.41) is 21.3. The zero-order chi connectivity index (χ0) is 15.1. The maximum atomic E-state index is 9.49. The molecular formula is C15H15BrN4O. The summed E-state index contributed by atoms with van der Waals surface area (Å²) in [5.74, 6) is 0.679. The molecule has 0 aliphatic carbocycles. The fraction of sp³-hybridized carbons (Fsp3) is 0.267. The lowest BCUT2D eigenvalue weighted by Crippen LogP contribution is -2.20. The molecule has 2 rings (SSSR count). The minimum Gasteiger partial charge on any atom is -0.396 e. The average Bonchev–Trinajstić information content (AvgIpc) is 2.52. The van der Waals surface area contributed by atoms with E-state index in [0.29, 0.717) is 12.4 Å². The van der Waals surface area contributed by atoms with E-state index in [1.54, 1.807) is 0 Å². The molecular weight excluding hydrogens is 332 g/mol. The molecule has 6 heteroatoms. The second-order valence-corrected chi connectivity index (χ2v) is 5.58. The molecule has 108 valence electrons. The van der Waals surface area contributed by atoms with Crippen LogP contribution in [0.5, 0.6) is 0 Å². The lowest BCUT2D eigenvalue weighted by molar-refractivity contribution is 0.232. The Labute approximate surface area is 131 Å². The van der Waals surface area contributed by atoms with Gasteiger partial charge in [0.1, 0.15) is 11.9 Å². The first-order valence-corrected chi connectivity index (χ1v) is 7.32.